The number of aliphatic carboxylic acids is 2. The molecule has 0 fully saturated rings. The number of carboxylic acid groups (broad SMARTS) is 2. The van der Waals surface area contributed by atoms with Crippen LogP contribution in [0, 0.1) is 0 Å². The van der Waals surface area contributed by atoms with Gasteiger partial charge in [-0.1, -0.05) is 42.5 Å². The molecule has 0 aliphatic heterocycles. The van der Waals surface area contributed by atoms with Crippen molar-refractivity contribution in [2.45, 2.75) is 56.3 Å². The van der Waals surface area contributed by atoms with E-state index in [2.05, 4.69) is 16.0 Å². The summed E-state index contributed by atoms with van der Waals surface area (Å²) in [4.78, 5) is 61.9. The molecule has 222 valence electrons. The Kier molecular flexibility index (Phi) is 13.6. The van der Waals surface area contributed by atoms with Crippen molar-refractivity contribution < 1.29 is 39.3 Å². The number of carboxylic acids is 2. The van der Waals surface area contributed by atoms with Crippen molar-refractivity contribution in [3.05, 3.63) is 65.7 Å². The van der Waals surface area contributed by atoms with Gasteiger partial charge in [-0.25, -0.2) is 4.79 Å². The molecule has 0 heterocycles. The van der Waals surface area contributed by atoms with Crippen molar-refractivity contribution in [3.63, 3.8) is 0 Å². The maximum atomic E-state index is 13.4. The number of hydrogen-bond acceptors (Lipinski definition) is 8. The topological polar surface area (TPSA) is 208 Å². The molecule has 0 saturated heterocycles. The second-order valence-corrected chi connectivity index (χ2v) is 10.4. The fourth-order valence-electron chi connectivity index (χ4n) is 3.89. The normalized spacial score (nSPS) is 13.7. The summed E-state index contributed by atoms with van der Waals surface area (Å²) >= 11 is 1.41. The van der Waals surface area contributed by atoms with Crippen molar-refractivity contribution in [2.75, 3.05) is 12.0 Å². The van der Waals surface area contributed by atoms with Crippen LogP contribution in [0.15, 0.2) is 54.6 Å². The molecule has 0 aliphatic carbocycles. The number of hydrogen-bond donors (Lipinski definition) is 7. The Balaban J connectivity index is 2.19. The van der Waals surface area contributed by atoms with Gasteiger partial charge in [0.2, 0.25) is 17.7 Å². The lowest BCUT2D eigenvalue weighted by Crippen LogP contribution is -2.58. The molecule has 2 aromatic rings. The summed E-state index contributed by atoms with van der Waals surface area (Å²) in [5, 5.41) is 35.4. The zero-order valence-corrected chi connectivity index (χ0v) is 23.4. The van der Waals surface area contributed by atoms with Gasteiger partial charge in [-0.3, -0.25) is 19.2 Å². The maximum absolute atomic E-state index is 13.4. The highest BCUT2D eigenvalue weighted by Crippen LogP contribution is 2.12. The third-order valence-corrected chi connectivity index (χ3v) is 6.79. The minimum Gasteiger partial charge on any atom is -0.508 e. The van der Waals surface area contributed by atoms with Crippen LogP contribution in [0.2, 0.25) is 0 Å². The Hall–Kier alpha value is -4.10. The first-order valence-corrected chi connectivity index (χ1v) is 14.3. The molecule has 8 N–H and O–H groups in total. The molecular formula is C28H36N4O8S. The number of nitrogens with one attached hydrogen (secondary N) is 3. The van der Waals surface area contributed by atoms with Gasteiger partial charge in [-0.2, -0.15) is 11.8 Å². The Morgan fingerprint density at radius 2 is 1.32 bits per heavy atom. The fraction of sp³-hybridized carbons (Fsp3) is 0.393. The van der Waals surface area contributed by atoms with E-state index in [-0.39, 0.29) is 31.4 Å². The first-order valence-electron chi connectivity index (χ1n) is 12.9. The summed E-state index contributed by atoms with van der Waals surface area (Å²) in [7, 11) is 0. The molecule has 0 radical (unpaired) electrons. The van der Waals surface area contributed by atoms with Crippen LogP contribution in [0.1, 0.15) is 30.4 Å². The van der Waals surface area contributed by atoms with Gasteiger partial charge in [0.25, 0.3) is 0 Å². The van der Waals surface area contributed by atoms with E-state index in [0.717, 1.165) is 5.56 Å². The van der Waals surface area contributed by atoms with Gasteiger partial charge in [0, 0.05) is 12.8 Å². The van der Waals surface area contributed by atoms with Crippen LogP contribution in [0.5, 0.6) is 5.75 Å². The van der Waals surface area contributed by atoms with Crippen molar-refractivity contribution in [3.8, 4) is 5.75 Å². The van der Waals surface area contributed by atoms with Crippen molar-refractivity contribution >= 4 is 41.4 Å². The lowest BCUT2D eigenvalue weighted by atomic mass is 10.0. The minimum absolute atomic E-state index is 0.0722. The summed E-state index contributed by atoms with van der Waals surface area (Å²) in [5.41, 5.74) is 7.55. The molecule has 3 amide bonds. The van der Waals surface area contributed by atoms with E-state index in [1.54, 1.807) is 48.7 Å². The van der Waals surface area contributed by atoms with Crippen LogP contribution >= 0.6 is 11.8 Å². The molecule has 2 aromatic carbocycles. The Labute approximate surface area is 242 Å². The van der Waals surface area contributed by atoms with E-state index in [1.165, 1.54) is 23.9 Å². The number of amides is 3. The summed E-state index contributed by atoms with van der Waals surface area (Å²) in [6.45, 7) is 0. The van der Waals surface area contributed by atoms with Crippen LogP contribution in [0.25, 0.3) is 0 Å². The molecule has 0 aromatic heterocycles. The van der Waals surface area contributed by atoms with E-state index >= 15 is 0 Å². The van der Waals surface area contributed by atoms with Crippen LogP contribution < -0.4 is 21.7 Å². The van der Waals surface area contributed by atoms with Gasteiger partial charge >= 0.3 is 11.9 Å². The quantitative estimate of drug-likeness (QED) is 0.137. The molecule has 0 aliphatic rings. The van der Waals surface area contributed by atoms with Gasteiger partial charge in [-0.15, -0.1) is 0 Å². The second-order valence-electron chi connectivity index (χ2n) is 9.40. The Morgan fingerprint density at radius 1 is 0.756 bits per heavy atom. The predicted molar refractivity (Wildman–Crippen MR) is 153 cm³/mol. The zero-order chi connectivity index (χ0) is 30.4. The molecule has 4 unspecified atom stereocenters. The van der Waals surface area contributed by atoms with E-state index in [4.69, 9.17) is 10.8 Å². The number of phenols is 1. The van der Waals surface area contributed by atoms with Crippen molar-refractivity contribution in [2.24, 2.45) is 5.73 Å². The number of carbonyl (C=O) groups is 5. The van der Waals surface area contributed by atoms with Gasteiger partial charge < -0.3 is 37.0 Å². The summed E-state index contributed by atoms with van der Waals surface area (Å²) < 4.78 is 0. The van der Waals surface area contributed by atoms with E-state index in [9.17, 15) is 34.2 Å². The van der Waals surface area contributed by atoms with Crippen LogP contribution in [0.4, 0.5) is 0 Å². The summed E-state index contributed by atoms with van der Waals surface area (Å²) in [6.07, 6.45) is 1.42. The molecular weight excluding hydrogens is 552 g/mol. The molecule has 41 heavy (non-hydrogen) atoms. The number of aromatic hydroxyl groups is 1. The van der Waals surface area contributed by atoms with Crippen molar-refractivity contribution in [1.29, 1.82) is 0 Å². The molecule has 4 atom stereocenters. The first-order chi connectivity index (χ1) is 19.5. The smallest absolute Gasteiger partial charge is 0.326 e. The van der Waals surface area contributed by atoms with Crippen LogP contribution in [0.3, 0.4) is 0 Å². The number of benzene rings is 2. The number of nitrogens with two attached hydrogens (primary N) is 1. The first kappa shape index (κ1) is 33.1. The van der Waals surface area contributed by atoms with Crippen LogP contribution in [-0.4, -0.2) is 81.2 Å². The number of carbonyl (C=O) groups excluding carboxylic acids is 3. The fourth-order valence-corrected chi connectivity index (χ4v) is 4.36. The van der Waals surface area contributed by atoms with Gasteiger partial charge in [0.05, 0.1) is 6.04 Å². The largest absolute Gasteiger partial charge is 0.508 e. The highest BCUT2D eigenvalue weighted by Gasteiger charge is 2.30. The molecule has 12 nitrogen and oxygen atoms in total. The molecule has 0 saturated carbocycles. The molecule has 13 heteroatoms. The summed E-state index contributed by atoms with van der Waals surface area (Å²) in [5.74, 6) is -4.12. The standard InChI is InChI=1S/C28H36N4O8S/c1-41-14-13-21(26(37)31-22(28(39)40)11-12-24(34)35)30-27(38)23(16-17-5-3-2-4-6-17)32-25(36)20(29)15-18-7-9-19(33)10-8-18/h2-10,20-23,33H,11-16,29H2,1H3,(H,30,38)(H,31,37)(H,32,36)(H,34,35)(H,39,40). The van der Waals surface area contributed by atoms with Gasteiger partial charge in [-0.05, 0) is 54.5 Å². The highest BCUT2D eigenvalue weighted by atomic mass is 32.2. The third-order valence-electron chi connectivity index (χ3n) is 6.15. The average Bonchev–Trinajstić information content (AvgIpc) is 2.94. The lowest BCUT2D eigenvalue weighted by Gasteiger charge is -2.25. The molecule has 0 bridgehead atoms. The average molecular weight is 589 g/mol. The van der Waals surface area contributed by atoms with E-state index in [0.29, 0.717) is 11.3 Å². The van der Waals surface area contributed by atoms with E-state index in [1.807, 2.05) is 0 Å². The minimum atomic E-state index is -1.45. The van der Waals surface area contributed by atoms with Crippen molar-refractivity contribution in [1.82, 2.24) is 16.0 Å². The second kappa shape index (κ2) is 16.9. The third kappa shape index (κ3) is 11.9. The zero-order valence-electron chi connectivity index (χ0n) is 22.6. The number of phenolic OH excluding ortho intramolecular Hbond substituents is 1. The van der Waals surface area contributed by atoms with Gasteiger partial charge in [0.1, 0.15) is 23.9 Å². The maximum Gasteiger partial charge on any atom is 0.326 e. The lowest BCUT2D eigenvalue weighted by molar-refractivity contribution is -0.143. The van der Waals surface area contributed by atoms with E-state index < -0.39 is 60.2 Å². The van der Waals surface area contributed by atoms with Crippen LogP contribution in [-0.2, 0) is 36.8 Å². The molecule has 2 rings (SSSR count). The Morgan fingerprint density at radius 3 is 1.90 bits per heavy atom. The Bertz CT molecular complexity index is 1180. The molecule has 0 spiro atoms. The monoisotopic (exact) mass is 588 g/mol. The number of rotatable bonds is 17. The summed E-state index contributed by atoms with van der Waals surface area (Å²) in [6, 6.07) is 10.4. The highest BCUT2D eigenvalue weighted by molar-refractivity contribution is 7.98. The SMILES string of the molecule is CSCCC(NC(=O)C(Cc1ccccc1)NC(=O)C(N)Cc1ccc(O)cc1)C(=O)NC(CCC(=O)O)C(=O)O. The predicted octanol–water partition coefficient (Wildman–Crippen LogP) is 0.662. The van der Waals surface area contributed by atoms with Gasteiger partial charge in [0.15, 0.2) is 0 Å². The number of thioether (sulfide) groups is 1.